The van der Waals surface area contributed by atoms with E-state index in [4.69, 9.17) is 4.74 Å². The van der Waals surface area contributed by atoms with E-state index in [0.717, 1.165) is 48.0 Å². The van der Waals surface area contributed by atoms with E-state index in [2.05, 4.69) is 35.7 Å². The number of ether oxygens (including phenoxy) is 1. The van der Waals surface area contributed by atoms with Gasteiger partial charge in [-0.05, 0) is 34.1 Å². The fraction of sp³-hybridized carbons (Fsp3) is 0.333. The van der Waals surface area contributed by atoms with Gasteiger partial charge >= 0.3 is 0 Å². The Morgan fingerprint density at radius 2 is 1.71 bits per heavy atom. The highest BCUT2D eigenvalue weighted by molar-refractivity contribution is 9.10. The van der Waals surface area contributed by atoms with E-state index in [9.17, 15) is 0 Å². The summed E-state index contributed by atoms with van der Waals surface area (Å²) in [4.78, 5) is 13.4. The number of halogens is 1. The van der Waals surface area contributed by atoms with Crippen molar-refractivity contribution < 1.29 is 4.74 Å². The molecule has 0 radical (unpaired) electrons. The lowest BCUT2D eigenvalue weighted by Crippen LogP contribution is -2.47. The quantitative estimate of drug-likeness (QED) is 0.852. The molecule has 0 amide bonds. The second-order valence-electron chi connectivity index (χ2n) is 4.86. The zero-order chi connectivity index (χ0) is 14.7. The molecule has 2 aromatic heterocycles. The number of pyridine rings is 2. The summed E-state index contributed by atoms with van der Waals surface area (Å²) in [6, 6.07) is 7.92. The molecular weight excluding hydrogens is 332 g/mol. The van der Waals surface area contributed by atoms with Gasteiger partial charge < -0.3 is 14.5 Å². The van der Waals surface area contributed by atoms with Crippen LogP contribution in [0.1, 0.15) is 0 Å². The third-order valence-corrected chi connectivity index (χ3v) is 4.06. The number of rotatable bonds is 3. The summed E-state index contributed by atoms with van der Waals surface area (Å²) in [6.45, 7) is 3.73. The zero-order valence-electron chi connectivity index (χ0n) is 11.9. The molecule has 0 aliphatic carbocycles. The van der Waals surface area contributed by atoms with Crippen molar-refractivity contribution in [3.8, 4) is 5.75 Å². The van der Waals surface area contributed by atoms with Crippen molar-refractivity contribution in [3.63, 3.8) is 0 Å². The molecule has 1 fully saturated rings. The van der Waals surface area contributed by atoms with Crippen LogP contribution in [0.2, 0.25) is 0 Å². The van der Waals surface area contributed by atoms with E-state index in [-0.39, 0.29) is 0 Å². The molecule has 6 heteroatoms. The number of piperazine rings is 1. The van der Waals surface area contributed by atoms with Gasteiger partial charge in [-0.3, -0.25) is 0 Å². The van der Waals surface area contributed by atoms with Gasteiger partial charge in [0, 0.05) is 49.1 Å². The highest BCUT2D eigenvalue weighted by atomic mass is 79.9. The largest absolute Gasteiger partial charge is 0.497 e. The molecule has 0 spiro atoms. The minimum absolute atomic E-state index is 0.844. The van der Waals surface area contributed by atoms with Gasteiger partial charge in [-0.2, -0.15) is 0 Å². The van der Waals surface area contributed by atoms with Gasteiger partial charge in [-0.15, -0.1) is 0 Å². The second kappa shape index (κ2) is 6.30. The summed E-state index contributed by atoms with van der Waals surface area (Å²) in [7, 11) is 1.68. The summed E-state index contributed by atoms with van der Waals surface area (Å²) in [5.74, 6) is 2.84. The van der Waals surface area contributed by atoms with Crippen LogP contribution in [0.5, 0.6) is 5.75 Å². The predicted octanol–water partition coefficient (Wildman–Crippen LogP) is 2.57. The van der Waals surface area contributed by atoms with E-state index in [0.29, 0.717) is 0 Å². The standard InChI is InChI=1S/C15H17BrN4O/c1-21-13-4-5-17-15(10-13)20-8-6-19(7-9-20)14-3-2-12(16)11-18-14/h2-5,10-11H,6-9H2,1H3. The monoisotopic (exact) mass is 348 g/mol. The van der Waals surface area contributed by atoms with Crippen molar-refractivity contribution >= 4 is 27.6 Å². The van der Waals surface area contributed by atoms with Crippen molar-refractivity contribution in [3.05, 3.63) is 41.1 Å². The zero-order valence-corrected chi connectivity index (χ0v) is 13.5. The molecular formula is C15H17BrN4O. The third-order valence-electron chi connectivity index (χ3n) is 3.59. The lowest BCUT2D eigenvalue weighted by Gasteiger charge is -2.36. The summed E-state index contributed by atoms with van der Waals surface area (Å²) < 4.78 is 6.26. The molecule has 0 bridgehead atoms. The lowest BCUT2D eigenvalue weighted by molar-refractivity contribution is 0.414. The Morgan fingerprint density at radius 1 is 1.00 bits per heavy atom. The molecule has 0 aromatic carbocycles. The van der Waals surface area contributed by atoms with Crippen LogP contribution in [-0.2, 0) is 0 Å². The maximum absolute atomic E-state index is 5.26. The first-order valence-corrected chi connectivity index (χ1v) is 7.67. The number of hydrogen-bond donors (Lipinski definition) is 0. The lowest BCUT2D eigenvalue weighted by atomic mass is 10.3. The van der Waals surface area contributed by atoms with E-state index in [1.165, 1.54) is 0 Å². The molecule has 0 N–H and O–H groups in total. The normalized spacial score (nSPS) is 15.1. The van der Waals surface area contributed by atoms with Gasteiger partial charge in [-0.1, -0.05) is 0 Å². The van der Waals surface area contributed by atoms with Crippen LogP contribution in [0.15, 0.2) is 41.1 Å². The number of aromatic nitrogens is 2. The van der Waals surface area contributed by atoms with E-state index in [1.807, 2.05) is 30.5 Å². The minimum Gasteiger partial charge on any atom is -0.497 e. The summed E-state index contributed by atoms with van der Waals surface area (Å²) in [5, 5.41) is 0. The summed E-state index contributed by atoms with van der Waals surface area (Å²) >= 11 is 3.41. The van der Waals surface area contributed by atoms with E-state index >= 15 is 0 Å². The van der Waals surface area contributed by atoms with Crippen molar-refractivity contribution in [2.75, 3.05) is 43.1 Å². The predicted molar refractivity (Wildman–Crippen MR) is 87.2 cm³/mol. The number of methoxy groups -OCH3 is 1. The van der Waals surface area contributed by atoms with Gasteiger partial charge in [0.25, 0.3) is 0 Å². The maximum atomic E-state index is 5.26. The van der Waals surface area contributed by atoms with Gasteiger partial charge in [0.15, 0.2) is 0 Å². The van der Waals surface area contributed by atoms with Gasteiger partial charge in [-0.25, -0.2) is 9.97 Å². The van der Waals surface area contributed by atoms with Gasteiger partial charge in [0.2, 0.25) is 0 Å². The van der Waals surface area contributed by atoms with Crippen LogP contribution in [0, 0.1) is 0 Å². The van der Waals surface area contributed by atoms with E-state index < -0.39 is 0 Å². The van der Waals surface area contributed by atoms with Gasteiger partial charge in [0.05, 0.1) is 7.11 Å². The Kier molecular flexibility index (Phi) is 4.24. The molecule has 2 aromatic rings. The molecule has 21 heavy (non-hydrogen) atoms. The topological polar surface area (TPSA) is 41.5 Å². The molecule has 0 saturated carbocycles. The SMILES string of the molecule is COc1ccnc(N2CCN(c3ccc(Br)cn3)CC2)c1. The second-order valence-corrected chi connectivity index (χ2v) is 5.78. The average molecular weight is 349 g/mol. The van der Waals surface area contributed by atoms with E-state index in [1.54, 1.807) is 13.3 Å². The Labute approximate surface area is 132 Å². The maximum Gasteiger partial charge on any atom is 0.132 e. The fourth-order valence-electron chi connectivity index (χ4n) is 2.42. The molecule has 1 aliphatic heterocycles. The van der Waals surface area contributed by atoms with Gasteiger partial charge in [0.1, 0.15) is 17.4 Å². The number of nitrogens with zero attached hydrogens (tertiary/aromatic N) is 4. The summed E-state index contributed by atoms with van der Waals surface area (Å²) in [5.41, 5.74) is 0. The number of hydrogen-bond acceptors (Lipinski definition) is 5. The molecule has 0 unspecified atom stereocenters. The fourth-order valence-corrected chi connectivity index (χ4v) is 2.65. The molecule has 1 aliphatic rings. The van der Waals surface area contributed by atoms with Crippen molar-refractivity contribution in [1.29, 1.82) is 0 Å². The van der Waals surface area contributed by atoms with Crippen molar-refractivity contribution in [2.45, 2.75) is 0 Å². The van der Waals surface area contributed by atoms with Crippen LogP contribution < -0.4 is 14.5 Å². The first-order valence-electron chi connectivity index (χ1n) is 6.88. The molecule has 3 rings (SSSR count). The third kappa shape index (κ3) is 3.26. The Bertz CT molecular complexity index is 597. The molecule has 0 atom stereocenters. The van der Waals surface area contributed by atoms with Crippen molar-refractivity contribution in [1.82, 2.24) is 9.97 Å². The first-order chi connectivity index (χ1) is 10.3. The molecule has 3 heterocycles. The highest BCUT2D eigenvalue weighted by Gasteiger charge is 2.19. The van der Waals surface area contributed by atoms with Crippen molar-refractivity contribution in [2.24, 2.45) is 0 Å². The smallest absolute Gasteiger partial charge is 0.132 e. The Morgan fingerprint density at radius 3 is 2.33 bits per heavy atom. The Balaban J connectivity index is 1.65. The van der Waals surface area contributed by atoms with Crippen LogP contribution in [0.3, 0.4) is 0 Å². The Hall–Kier alpha value is -1.82. The molecule has 5 nitrogen and oxygen atoms in total. The molecule has 110 valence electrons. The van der Waals surface area contributed by atoms with Crippen LogP contribution in [-0.4, -0.2) is 43.3 Å². The summed E-state index contributed by atoms with van der Waals surface area (Å²) in [6.07, 6.45) is 3.63. The van der Waals surface area contributed by atoms with Crippen LogP contribution in [0.25, 0.3) is 0 Å². The minimum atomic E-state index is 0.844. The first kappa shape index (κ1) is 14.1. The highest BCUT2D eigenvalue weighted by Crippen LogP contribution is 2.21. The van der Waals surface area contributed by atoms with Crippen LogP contribution in [0.4, 0.5) is 11.6 Å². The number of anilines is 2. The average Bonchev–Trinajstić information content (AvgIpc) is 2.56. The van der Waals surface area contributed by atoms with Crippen LogP contribution >= 0.6 is 15.9 Å². The molecule has 1 saturated heterocycles.